The second-order valence-corrected chi connectivity index (χ2v) is 6.74. The first-order chi connectivity index (χ1) is 13.5. The molecule has 0 atom stereocenters. The van der Waals surface area contributed by atoms with E-state index in [1.54, 1.807) is 6.07 Å². The fourth-order valence-corrected chi connectivity index (χ4v) is 2.86. The van der Waals surface area contributed by atoms with Crippen LogP contribution in [-0.4, -0.2) is 16.8 Å². The van der Waals surface area contributed by atoms with Gasteiger partial charge in [-0.05, 0) is 55.7 Å². The minimum Gasteiger partial charge on any atom is -0.322 e. The van der Waals surface area contributed by atoms with Gasteiger partial charge in [-0.15, -0.1) is 0 Å². The Bertz CT molecular complexity index is 1010. The number of amides is 2. The summed E-state index contributed by atoms with van der Waals surface area (Å²) in [4.78, 5) is 29.1. The summed E-state index contributed by atoms with van der Waals surface area (Å²) in [6.45, 7) is 6.02. The Morgan fingerprint density at radius 3 is 2.11 bits per heavy atom. The Morgan fingerprint density at radius 2 is 1.50 bits per heavy atom. The average molecular weight is 373 g/mol. The van der Waals surface area contributed by atoms with Crippen molar-refractivity contribution in [2.24, 2.45) is 0 Å². The van der Waals surface area contributed by atoms with Gasteiger partial charge in [0.2, 0.25) is 0 Å². The summed E-state index contributed by atoms with van der Waals surface area (Å²) in [6.07, 6.45) is 3.84. The molecule has 0 saturated heterocycles. The van der Waals surface area contributed by atoms with Crippen molar-refractivity contribution in [1.29, 1.82) is 0 Å². The van der Waals surface area contributed by atoms with Crippen LogP contribution in [0.15, 0.2) is 60.9 Å². The van der Waals surface area contributed by atoms with Crippen molar-refractivity contribution in [3.8, 4) is 0 Å². The first-order valence-electron chi connectivity index (χ1n) is 9.20. The van der Waals surface area contributed by atoms with Gasteiger partial charge in [-0.1, -0.05) is 36.8 Å². The fraction of sp³-hybridized carbons (Fsp3) is 0.174. The third-order valence-electron chi connectivity index (χ3n) is 4.51. The number of nitrogens with one attached hydrogen (secondary N) is 2. The molecule has 0 aliphatic rings. The molecule has 0 aliphatic heterocycles. The van der Waals surface area contributed by atoms with Crippen LogP contribution >= 0.6 is 0 Å². The van der Waals surface area contributed by atoms with E-state index >= 15 is 0 Å². The zero-order valence-electron chi connectivity index (χ0n) is 16.2. The van der Waals surface area contributed by atoms with E-state index in [1.807, 2.05) is 56.3 Å². The van der Waals surface area contributed by atoms with Gasteiger partial charge in [0.1, 0.15) is 0 Å². The first kappa shape index (κ1) is 19.3. The lowest BCUT2D eigenvalue weighted by atomic mass is 10.1. The van der Waals surface area contributed by atoms with Gasteiger partial charge in [-0.2, -0.15) is 0 Å². The number of anilines is 2. The van der Waals surface area contributed by atoms with Crippen LogP contribution in [0.25, 0.3) is 0 Å². The lowest BCUT2D eigenvalue weighted by Gasteiger charge is -2.10. The molecule has 2 amide bonds. The maximum absolute atomic E-state index is 12.6. The van der Waals surface area contributed by atoms with E-state index in [0.29, 0.717) is 16.8 Å². The van der Waals surface area contributed by atoms with Crippen molar-refractivity contribution < 1.29 is 9.59 Å². The van der Waals surface area contributed by atoms with Crippen LogP contribution in [0.3, 0.4) is 0 Å². The number of carbonyl (C=O) groups is 2. The molecule has 0 aliphatic carbocycles. The highest BCUT2D eigenvalue weighted by atomic mass is 16.2. The van der Waals surface area contributed by atoms with Crippen molar-refractivity contribution in [3.63, 3.8) is 0 Å². The molecule has 0 fully saturated rings. The molecule has 2 N–H and O–H groups in total. The van der Waals surface area contributed by atoms with Crippen molar-refractivity contribution in [2.45, 2.75) is 27.2 Å². The Labute approximate surface area is 164 Å². The topological polar surface area (TPSA) is 71.1 Å². The number of benzene rings is 2. The van der Waals surface area contributed by atoms with Gasteiger partial charge in [-0.3, -0.25) is 14.6 Å². The molecule has 0 radical (unpaired) electrons. The molecule has 28 heavy (non-hydrogen) atoms. The van der Waals surface area contributed by atoms with Crippen LogP contribution < -0.4 is 10.6 Å². The van der Waals surface area contributed by atoms with Crippen LogP contribution in [-0.2, 0) is 6.42 Å². The van der Waals surface area contributed by atoms with Crippen molar-refractivity contribution >= 4 is 23.2 Å². The lowest BCUT2D eigenvalue weighted by molar-refractivity contribution is 0.102. The second-order valence-electron chi connectivity index (χ2n) is 6.74. The monoisotopic (exact) mass is 373 g/mol. The molecule has 1 aromatic heterocycles. The molecule has 142 valence electrons. The third kappa shape index (κ3) is 4.62. The van der Waals surface area contributed by atoms with Gasteiger partial charge in [-0.25, -0.2) is 0 Å². The molecule has 0 saturated carbocycles. The number of aromatic nitrogens is 1. The first-order valence-corrected chi connectivity index (χ1v) is 9.20. The highest BCUT2D eigenvalue weighted by Crippen LogP contribution is 2.18. The molecule has 0 bridgehead atoms. The van der Waals surface area contributed by atoms with Gasteiger partial charge in [0.05, 0.1) is 11.1 Å². The van der Waals surface area contributed by atoms with E-state index in [2.05, 4.69) is 22.5 Å². The molecule has 1 heterocycles. The summed E-state index contributed by atoms with van der Waals surface area (Å²) in [5.41, 5.74) is 5.40. The average Bonchev–Trinajstić information content (AvgIpc) is 2.70. The second kappa shape index (κ2) is 8.48. The standard InChI is InChI=1S/C23H23N3O2/c1-4-17-6-8-20(9-7-17)25-22(27)18-12-19(14-24-13-18)23(28)26-21-10-5-15(2)11-16(21)3/h5-14H,4H2,1-3H3,(H,25,27)(H,26,28). The van der Waals surface area contributed by atoms with Crippen LogP contribution in [0.5, 0.6) is 0 Å². The SMILES string of the molecule is CCc1ccc(NC(=O)c2cncc(C(=O)Nc3ccc(C)cc3C)c2)cc1. The molecule has 2 aromatic carbocycles. The van der Waals surface area contributed by atoms with Crippen LogP contribution in [0.2, 0.25) is 0 Å². The van der Waals surface area contributed by atoms with Crippen LogP contribution in [0.1, 0.15) is 44.3 Å². The maximum atomic E-state index is 12.6. The summed E-state index contributed by atoms with van der Waals surface area (Å²) in [5.74, 6) is -0.612. The fourth-order valence-electron chi connectivity index (χ4n) is 2.86. The smallest absolute Gasteiger partial charge is 0.257 e. The number of hydrogen-bond acceptors (Lipinski definition) is 3. The van der Waals surface area contributed by atoms with Gasteiger partial charge < -0.3 is 10.6 Å². The van der Waals surface area contributed by atoms with Crippen LogP contribution in [0.4, 0.5) is 11.4 Å². The number of nitrogens with zero attached hydrogens (tertiary/aromatic N) is 1. The molecule has 0 spiro atoms. The Balaban J connectivity index is 1.73. The number of rotatable bonds is 5. The Hall–Kier alpha value is -3.47. The molecule has 5 heteroatoms. The zero-order chi connectivity index (χ0) is 20.1. The number of hydrogen-bond donors (Lipinski definition) is 2. The quantitative estimate of drug-likeness (QED) is 0.677. The molecular weight excluding hydrogens is 350 g/mol. The van der Waals surface area contributed by atoms with Gasteiger partial charge in [0, 0.05) is 23.8 Å². The highest BCUT2D eigenvalue weighted by molar-refractivity contribution is 6.08. The summed E-state index contributed by atoms with van der Waals surface area (Å²) in [6, 6.07) is 15.0. The lowest BCUT2D eigenvalue weighted by Crippen LogP contribution is -2.16. The highest BCUT2D eigenvalue weighted by Gasteiger charge is 2.13. The maximum Gasteiger partial charge on any atom is 0.257 e. The predicted molar refractivity (Wildman–Crippen MR) is 112 cm³/mol. The van der Waals surface area contributed by atoms with E-state index in [4.69, 9.17) is 0 Å². The predicted octanol–water partition coefficient (Wildman–Crippen LogP) is 4.77. The van der Waals surface area contributed by atoms with Gasteiger partial charge in [0.15, 0.2) is 0 Å². The molecule has 0 unspecified atom stereocenters. The largest absolute Gasteiger partial charge is 0.322 e. The van der Waals surface area contributed by atoms with Crippen molar-refractivity contribution in [3.05, 3.63) is 88.7 Å². The van der Waals surface area contributed by atoms with Crippen LogP contribution in [0, 0.1) is 13.8 Å². The number of carbonyl (C=O) groups excluding carboxylic acids is 2. The van der Waals surface area contributed by atoms with Crippen molar-refractivity contribution in [2.75, 3.05) is 10.6 Å². The summed E-state index contributed by atoms with van der Waals surface area (Å²) in [7, 11) is 0. The molecule has 3 aromatic rings. The Kier molecular flexibility index (Phi) is 5.84. The van der Waals surface area contributed by atoms with E-state index < -0.39 is 0 Å². The molecule has 3 rings (SSSR count). The van der Waals surface area contributed by atoms with E-state index in [9.17, 15) is 9.59 Å². The normalized spacial score (nSPS) is 10.4. The van der Waals surface area contributed by atoms with E-state index in [0.717, 1.165) is 23.2 Å². The van der Waals surface area contributed by atoms with Gasteiger partial charge >= 0.3 is 0 Å². The van der Waals surface area contributed by atoms with E-state index in [1.165, 1.54) is 18.0 Å². The minimum atomic E-state index is -0.307. The minimum absolute atomic E-state index is 0.304. The van der Waals surface area contributed by atoms with Crippen molar-refractivity contribution in [1.82, 2.24) is 4.98 Å². The third-order valence-corrected chi connectivity index (χ3v) is 4.51. The molecule has 5 nitrogen and oxygen atoms in total. The van der Waals surface area contributed by atoms with Gasteiger partial charge in [0.25, 0.3) is 11.8 Å². The number of aryl methyl sites for hydroxylation is 3. The zero-order valence-corrected chi connectivity index (χ0v) is 16.2. The summed E-state index contributed by atoms with van der Waals surface area (Å²) >= 11 is 0. The molecular formula is C23H23N3O2. The van der Waals surface area contributed by atoms with E-state index in [-0.39, 0.29) is 11.8 Å². The summed E-state index contributed by atoms with van der Waals surface area (Å²) in [5, 5.41) is 5.70. The Morgan fingerprint density at radius 1 is 0.857 bits per heavy atom. The number of pyridine rings is 1. The summed E-state index contributed by atoms with van der Waals surface area (Å²) < 4.78 is 0.